The Labute approximate surface area is 179 Å². The molecule has 0 bridgehead atoms. The van der Waals surface area contributed by atoms with Crippen molar-refractivity contribution in [1.82, 2.24) is 9.47 Å². The second-order valence-corrected chi connectivity index (χ2v) is 8.47. The van der Waals surface area contributed by atoms with E-state index in [4.69, 9.17) is 16.3 Å². The fourth-order valence-corrected chi connectivity index (χ4v) is 4.70. The lowest BCUT2D eigenvalue weighted by atomic mass is 9.99. The van der Waals surface area contributed by atoms with Crippen molar-refractivity contribution in [3.63, 3.8) is 0 Å². The third-order valence-corrected chi connectivity index (χ3v) is 6.35. The summed E-state index contributed by atoms with van der Waals surface area (Å²) in [7, 11) is 0. The van der Waals surface area contributed by atoms with E-state index in [0.29, 0.717) is 24.7 Å². The SMILES string of the molecule is O=C(c1cc2cccc3c2n(c1=O)CCC3)N1CCC(Oc2ccc(Cl)cc2)CC1. The summed E-state index contributed by atoms with van der Waals surface area (Å²) in [4.78, 5) is 28.1. The van der Waals surface area contributed by atoms with Gasteiger partial charge in [-0.2, -0.15) is 0 Å². The van der Waals surface area contributed by atoms with Crippen LogP contribution in [0.3, 0.4) is 0 Å². The second-order valence-electron chi connectivity index (χ2n) is 8.04. The number of carbonyl (C=O) groups is 1. The van der Waals surface area contributed by atoms with Crippen LogP contribution in [0.4, 0.5) is 0 Å². The Balaban J connectivity index is 1.34. The number of hydrogen-bond donors (Lipinski definition) is 0. The van der Waals surface area contributed by atoms with Crippen LogP contribution < -0.4 is 10.3 Å². The van der Waals surface area contributed by atoms with Gasteiger partial charge in [0.25, 0.3) is 11.5 Å². The van der Waals surface area contributed by atoms with Gasteiger partial charge in [-0.25, -0.2) is 0 Å². The molecule has 0 atom stereocenters. The van der Waals surface area contributed by atoms with Gasteiger partial charge in [-0.05, 0) is 54.1 Å². The quantitative estimate of drug-likeness (QED) is 0.632. The molecule has 0 unspecified atom stereocenters. The van der Waals surface area contributed by atoms with E-state index in [-0.39, 0.29) is 23.1 Å². The molecule has 1 saturated heterocycles. The number of aryl methyl sites for hydroxylation is 2. The first-order valence-electron chi connectivity index (χ1n) is 10.5. The van der Waals surface area contributed by atoms with Crippen LogP contribution >= 0.6 is 11.6 Å². The van der Waals surface area contributed by atoms with Crippen LogP contribution in [-0.2, 0) is 13.0 Å². The molecule has 0 radical (unpaired) electrons. The molecule has 3 heterocycles. The number of nitrogens with zero attached hydrogens (tertiary/aromatic N) is 2. The van der Waals surface area contributed by atoms with Gasteiger partial charge >= 0.3 is 0 Å². The molecule has 5 rings (SSSR count). The number of halogens is 1. The Bertz CT molecular complexity index is 1160. The van der Waals surface area contributed by atoms with Crippen molar-refractivity contribution in [1.29, 1.82) is 0 Å². The Morgan fingerprint density at radius 3 is 2.57 bits per heavy atom. The maximum absolute atomic E-state index is 13.2. The summed E-state index contributed by atoms with van der Waals surface area (Å²) < 4.78 is 7.81. The highest BCUT2D eigenvalue weighted by Gasteiger charge is 2.28. The number of amides is 1. The average molecular weight is 423 g/mol. The molecular formula is C24H23ClN2O3. The third-order valence-electron chi connectivity index (χ3n) is 6.10. The van der Waals surface area contributed by atoms with Gasteiger partial charge < -0.3 is 14.2 Å². The van der Waals surface area contributed by atoms with Crippen LogP contribution in [0.15, 0.2) is 53.3 Å². The lowest BCUT2D eigenvalue weighted by molar-refractivity contribution is 0.0593. The number of piperidine rings is 1. The van der Waals surface area contributed by atoms with Gasteiger partial charge in [0.15, 0.2) is 0 Å². The molecule has 1 amide bonds. The molecule has 5 nitrogen and oxygen atoms in total. The molecule has 1 fully saturated rings. The van der Waals surface area contributed by atoms with Crippen molar-refractivity contribution in [3.05, 3.63) is 75.0 Å². The van der Waals surface area contributed by atoms with Gasteiger partial charge in [-0.15, -0.1) is 0 Å². The van der Waals surface area contributed by atoms with E-state index in [9.17, 15) is 9.59 Å². The first kappa shape index (κ1) is 19.2. The predicted octanol–water partition coefficient (Wildman–Crippen LogP) is 4.28. The zero-order valence-corrected chi connectivity index (χ0v) is 17.4. The van der Waals surface area contributed by atoms with Crippen LogP contribution in [0.25, 0.3) is 10.9 Å². The molecule has 2 aromatic carbocycles. The molecule has 0 N–H and O–H groups in total. The standard InChI is InChI=1S/C24H23ClN2O3/c25-18-6-8-19(9-7-18)30-20-10-13-26(14-11-20)23(28)21-15-17-4-1-3-16-5-2-12-27(22(16)17)24(21)29/h1,3-4,6-9,15,20H,2,5,10-14H2. The van der Waals surface area contributed by atoms with Gasteiger partial charge in [0.05, 0.1) is 5.52 Å². The van der Waals surface area contributed by atoms with E-state index < -0.39 is 0 Å². The minimum atomic E-state index is -0.174. The van der Waals surface area contributed by atoms with Gasteiger partial charge in [0, 0.05) is 37.5 Å². The Kier molecular flexibility index (Phi) is 4.99. The number of aromatic nitrogens is 1. The lowest BCUT2D eigenvalue weighted by Crippen LogP contribution is -2.44. The fraction of sp³-hybridized carbons (Fsp3) is 0.333. The molecule has 0 saturated carbocycles. The van der Waals surface area contributed by atoms with Crippen LogP contribution in [-0.4, -0.2) is 34.6 Å². The Hall–Kier alpha value is -2.79. The molecule has 3 aromatic rings. The van der Waals surface area contributed by atoms with E-state index in [2.05, 4.69) is 6.07 Å². The zero-order chi connectivity index (χ0) is 20.7. The molecule has 6 heteroatoms. The fourth-order valence-electron chi connectivity index (χ4n) is 4.57. The van der Waals surface area contributed by atoms with Crippen molar-refractivity contribution < 1.29 is 9.53 Å². The lowest BCUT2D eigenvalue weighted by Gasteiger charge is -2.32. The van der Waals surface area contributed by atoms with E-state index in [0.717, 1.165) is 42.3 Å². The monoisotopic (exact) mass is 422 g/mol. The number of para-hydroxylation sites is 1. The van der Waals surface area contributed by atoms with Crippen molar-refractivity contribution >= 4 is 28.4 Å². The molecular weight excluding hydrogens is 400 g/mol. The summed E-state index contributed by atoms with van der Waals surface area (Å²) in [6.45, 7) is 1.83. The van der Waals surface area contributed by atoms with Crippen LogP contribution in [0.5, 0.6) is 5.75 Å². The summed E-state index contributed by atoms with van der Waals surface area (Å²) in [5.41, 5.74) is 2.29. The maximum Gasteiger partial charge on any atom is 0.263 e. The average Bonchev–Trinajstić information content (AvgIpc) is 2.78. The van der Waals surface area contributed by atoms with Crippen molar-refractivity contribution in [2.75, 3.05) is 13.1 Å². The summed E-state index contributed by atoms with van der Waals surface area (Å²) in [5.74, 6) is 0.610. The van der Waals surface area contributed by atoms with Crippen molar-refractivity contribution in [2.24, 2.45) is 0 Å². The first-order valence-corrected chi connectivity index (χ1v) is 10.8. The van der Waals surface area contributed by atoms with Crippen LogP contribution in [0.1, 0.15) is 35.2 Å². The van der Waals surface area contributed by atoms with Crippen LogP contribution in [0, 0.1) is 0 Å². The number of carbonyl (C=O) groups excluding carboxylic acids is 1. The first-order chi connectivity index (χ1) is 14.6. The van der Waals surface area contributed by atoms with Gasteiger partial charge in [0.2, 0.25) is 0 Å². The number of likely N-dealkylation sites (tertiary alicyclic amines) is 1. The number of pyridine rings is 1. The van der Waals surface area contributed by atoms with E-state index in [1.54, 1.807) is 27.7 Å². The van der Waals surface area contributed by atoms with E-state index >= 15 is 0 Å². The summed E-state index contributed by atoms with van der Waals surface area (Å²) in [5, 5.41) is 1.65. The molecule has 0 aliphatic carbocycles. The molecule has 2 aliphatic heterocycles. The minimum Gasteiger partial charge on any atom is -0.490 e. The van der Waals surface area contributed by atoms with Gasteiger partial charge in [-0.1, -0.05) is 29.8 Å². The van der Waals surface area contributed by atoms with Crippen molar-refractivity contribution in [3.8, 4) is 5.75 Å². The highest BCUT2D eigenvalue weighted by Crippen LogP contribution is 2.25. The predicted molar refractivity (Wildman–Crippen MR) is 118 cm³/mol. The van der Waals surface area contributed by atoms with Gasteiger partial charge in [-0.3, -0.25) is 9.59 Å². The number of benzene rings is 2. The molecule has 1 aromatic heterocycles. The second kappa shape index (κ2) is 7.80. The summed E-state index contributed by atoms with van der Waals surface area (Å²) in [6.07, 6.45) is 3.43. The molecule has 30 heavy (non-hydrogen) atoms. The highest BCUT2D eigenvalue weighted by atomic mass is 35.5. The number of ether oxygens (including phenoxy) is 1. The Morgan fingerprint density at radius 1 is 1.03 bits per heavy atom. The van der Waals surface area contributed by atoms with Crippen molar-refractivity contribution in [2.45, 2.75) is 38.3 Å². The topological polar surface area (TPSA) is 51.5 Å². The Morgan fingerprint density at radius 2 is 1.80 bits per heavy atom. The van der Waals surface area contributed by atoms with Gasteiger partial charge in [0.1, 0.15) is 17.4 Å². The number of rotatable bonds is 3. The summed E-state index contributed by atoms with van der Waals surface area (Å²) >= 11 is 5.92. The van der Waals surface area contributed by atoms with Crippen LogP contribution in [0.2, 0.25) is 5.02 Å². The largest absolute Gasteiger partial charge is 0.490 e. The highest BCUT2D eigenvalue weighted by molar-refractivity contribution is 6.30. The molecule has 0 spiro atoms. The maximum atomic E-state index is 13.2. The molecule has 154 valence electrons. The third kappa shape index (κ3) is 3.47. The zero-order valence-electron chi connectivity index (χ0n) is 16.6. The number of hydrogen-bond acceptors (Lipinski definition) is 3. The minimum absolute atomic E-state index is 0.0524. The smallest absolute Gasteiger partial charge is 0.263 e. The normalized spacial score (nSPS) is 16.6. The summed E-state index contributed by atoms with van der Waals surface area (Å²) in [6, 6.07) is 15.2. The van der Waals surface area contributed by atoms with E-state index in [1.165, 1.54) is 5.56 Å². The van der Waals surface area contributed by atoms with E-state index in [1.807, 2.05) is 24.3 Å². The molecule has 2 aliphatic rings.